The van der Waals surface area contributed by atoms with E-state index in [1.165, 1.54) is 12.1 Å². The number of para-hydroxylation sites is 2. The summed E-state index contributed by atoms with van der Waals surface area (Å²) in [4.78, 5) is 7.81. The summed E-state index contributed by atoms with van der Waals surface area (Å²) in [6.45, 7) is 1.95. The Morgan fingerprint density at radius 1 is 1.00 bits per heavy atom. The van der Waals surface area contributed by atoms with Crippen LogP contribution in [0.3, 0.4) is 0 Å². The smallest absolute Gasteiger partial charge is 0.298 e. The molecule has 2 heterocycles. The molecule has 7 heteroatoms. The van der Waals surface area contributed by atoms with Crippen molar-refractivity contribution in [2.24, 2.45) is 17.8 Å². The highest BCUT2D eigenvalue weighted by Crippen LogP contribution is 2.52. The lowest BCUT2D eigenvalue weighted by Crippen LogP contribution is -2.25. The van der Waals surface area contributed by atoms with E-state index in [2.05, 4.69) is 9.88 Å². The summed E-state index contributed by atoms with van der Waals surface area (Å²) in [6, 6.07) is 18.7. The first kappa shape index (κ1) is 20.5. The number of halogens is 2. The molecule has 1 aromatic heterocycles. The van der Waals surface area contributed by atoms with Crippen LogP contribution < -0.4 is 9.64 Å². The summed E-state index contributed by atoms with van der Waals surface area (Å²) in [5.41, 5.74) is 2.90. The van der Waals surface area contributed by atoms with Gasteiger partial charge in [-0.15, -0.1) is 11.8 Å². The molecule has 0 bridgehead atoms. The second-order valence-electron chi connectivity index (χ2n) is 8.67. The Bertz CT molecular complexity index is 1260. The van der Waals surface area contributed by atoms with Gasteiger partial charge in [-0.25, -0.2) is 8.78 Å². The van der Waals surface area contributed by atoms with Gasteiger partial charge in [-0.05, 0) is 65.6 Å². The van der Waals surface area contributed by atoms with Gasteiger partial charge in [0.05, 0.1) is 6.61 Å². The summed E-state index contributed by atoms with van der Waals surface area (Å²) in [5, 5.41) is 0. The molecule has 2 unspecified atom stereocenters. The maximum Gasteiger partial charge on any atom is 0.298 e. The van der Waals surface area contributed by atoms with Crippen LogP contribution in [0.25, 0.3) is 22.2 Å². The minimum absolute atomic E-state index is 0.291. The first-order valence-electron chi connectivity index (χ1n) is 11.0. The molecule has 168 valence electrons. The van der Waals surface area contributed by atoms with Gasteiger partial charge < -0.3 is 14.1 Å². The Kier molecular flexibility index (Phi) is 5.02. The zero-order chi connectivity index (χ0) is 22.5. The lowest BCUT2D eigenvalue weighted by Gasteiger charge is -2.18. The molecule has 0 radical (unpaired) electrons. The molecular formula is C26H22F2N2O2S. The van der Waals surface area contributed by atoms with Crippen LogP contribution >= 0.6 is 11.8 Å². The zero-order valence-corrected chi connectivity index (χ0v) is 18.8. The van der Waals surface area contributed by atoms with Gasteiger partial charge in [0, 0.05) is 23.9 Å². The fourth-order valence-corrected chi connectivity index (χ4v) is 5.28. The van der Waals surface area contributed by atoms with Gasteiger partial charge in [0.2, 0.25) is 0 Å². The number of hydrogen-bond acceptors (Lipinski definition) is 5. The molecule has 1 aliphatic heterocycles. The number of thioether (sulfide) groups is 1. The van der Waals surface area contributed by atoms with Crippen molar-refractivity contribution in [1.29, 1.82) is 0 Å². The highest BCUT2D eigenvalue weighted by Gasteiger charge is 2.56. The third-order valence-electron chi connectivity index (χ3n) is 6.77. The number of oxazole rings is 1. The summed E-state index contributed by atoms with van der Waals surface area (Å²) in [6.07, 6.45) is 1.99. The average Bonchev–Trinajstić information content (AvgIpc) is 3.18. The molecule has 0 N–H and O–H groups in total. The molecule has 1 saturated carbocycles. The Hall–Kier alpha value is -3.06. The van der Waals surface area contributed by atoms with Crippen molar-refractivity contribution < 1.29 is 17.9 Å². The number of hydrogen-bond donors (Lipinski definition) is 0. The van der Waals surface area contributed by atoms with Gasteiger partial charge in [0.1, 0.15) is 5.52 Å². The Morgan fingerprint density at radius 2 is 1.70 bits per heavy atom. The van der Waals surface area contributed by atoms with Crippen LogP contribution in [0.2, 0.25) is 0 Å². The van der Waals surface area contributed by atoms with E-state index in [1.807, 2.05) is 54.8 Å². The first-order valence-corrected chi connectivity index (χ1v) is 12.2. The molecule has 6 rings (SSSR count). The van der Waals surface area contributed by atoms with E-state index in [4.69, 9.17) is 9.15 Å². The third-order valence-corrected chi connectivity index (χ3v) is 7.51. The maximum atomic E-state index is 14.7. The van der Waals surface area contributed by atoms with Crippen molar-refractivity contribution in [2.45, 2.75) is 4.90 Å². The normalized spacial score (nSPS) is 21.4. The number of rotatable bonds is 6. The van der Waals surface area contributed by atoms with Crippen LogP contribution in [0.15, 0.2) is 70.0 Å². The van der Waals surface area contributed by atoms with Gasteiger partial charge in [0.25, 0.3) is 6.01 Å². The molecule has 2 atom stereocenters. The van der Waals surface area contributed by atoms with Crippen molar-refractivity contribution in [3.63, 3.8) is 0 Å². The predicted octanol–water partition coefficient (Wildman–Crippen LogP) is 6.26. The van der Waals surface area contributed by atoms with Gasteiger partial charge in [-0.3, -0.25) is 0 Å². The van der Waals surface area contributed by atoms with Crippen LogP contribution in [0.4, 0.5) is 14.8 Å². The number of benzene rings is 3. The molecule has 0 amide bonds. The Labute approximate surface area is 194 Å². The Morgan fingerprint density at radius 3 is 2.36 bits per heavy atom. The number of fused-ring (bicyclic) bond motifs is 2. The number of nitrogens with zero attached hydrogens (tertiary/aromatic N) is 2. The molecule has 33 heavy (non-hydrogen) atoms. The summed E-state index contributed by atoms with van der Waals surface area (Å²) < 4.78 is 40.9. The molecule has 2 aliphatic rings. The average molecular weight is 465 g/mol. The molecule has 1 aliphatic carbocycles. The van der Waals surface area contributed by atoms with E-state index in [1.54, 1.807) is 11.8 Å². The molecular weight excluding hydrogens is 442 g/mol. The fraction of sp³-hybridized carbons (Fsp3) is 0.269. The lowest BCUT2D eigenvalue weighted by atomic mass is 10.1. The van der Waals surface area contributed by atoms with Crippen molar-refractivity contribution in [1.82, 2.24) is 4.98 Å². The molecule has 0 spiro atoms. The van der Waals surface area contributed by atoms with Crippen LogP contribution in [0.1, 0.15) is 0 Å². The van der Waals surface area contributed by atoms with E-state index in [0.29, 0.717) is 35.9 Å². The first-order chi connectivity index (χ1) is 16.1. The highest BCUT2D eigenvalue weighted by atomic mass is 32.2. The van der Waals surface area contributed by atoms with Crippen LogP contribution in [0.5, 0.6) is 5.75 Å². The second-order valence-corrected chi connectivity index (χ2v) is 9.55. The third kappa shape index (κ3) is 3.74. The molecule has 4 aromatic rings. The largest absolute Gasteiger partial charge is 0.487 e. The molecule has 2 fully saturated rings. The number of anilines is 1. The van der Waals surface area contributed by atoms with Crippen LogP contribution in [-0.2, 0) is 0 Å². The van der Waals surface area contributed by atoms with Crippen molar-refractivity contribution in [3.05, 3.63) is 72.3 Å². The van der Waals surface area contributed by atoms with Gasteiger partial charge in [-0.2, -0.15) is 4.98 Å². The standard InChI is InChI=1S/C26H22F2N2O2S/c1-33-17-8-6-15(7-9-17)16-10-21(27)25(22(28)11-16)31-14-20-18-12-30(13-19(18)20)26-29-23-4-2-3-5-24(23)32-26/h2-11,18-20H,12-14H2,1H3. The zero-order valence-electron chi connectivity index (χ0n) is 18.0. The Balaban J connectivity index is 1.09. The fourth-order valence-electron chi connectivity index (χ4n) is 4.88. The molecule has 1 saturated heterocycles. The van der Waals surface area contributed by atoms with E-state index in [0.717, 1.165) is 34.6 Å². The number of aromatic nitrogens is 1. The van der Waals surface area contributed by atoms with E-state index in [9.17, 15) is 8.78 Å². The van der Waals surface area contributed by atoms with Crippen molar-refractivity contribution in [3.8, 4) is 16.9 Å². The second kappa shape index (κ2) is 8.06. The van der Waals surface area contributed by atoms with Gasteiger partial charge in [-0.1, -0.05) is 24.3 Å². The van der Waals surface area contributed by atoms with E-state index in [-0.39, 0.29) is 5.75 Å². The monoisotopic (exact) mass is 464 g/mol. The van der Waals surface area contributed by atoms with Gasteiger partial charge >= 0.3 is 0 Å². The van der Waals surface area contributed by atoms with E-state index >= 15 is 0 Å². The maximum absolute atomic E-state index is 14.7. The summed E-state index contributed by atoms with van der Waals surface area (Å²) in [5.74, 6) is -0.472. The van der Waals surface area contributed by atoms with Crippen LogP contribution in [0, 0.1) is 29.4 Å². The van der Waals surface area contributed by atoms with Crippen molar-refractivity contribution in [2.75, 3.05) is 30.9 Å². The van der Waals surface area contributed by atoms with E-state index < -0.39 is 11.6 Å². The predicted molar refractivity (Wildman–Crippen MR) is 126 cm³/mol. The number of piperidine rings is 1. The lowest BCUT2D eigenvalue weighted by molar-refractivity contribution is 0.257. The minimum atomic E-state index is -0.669. The quantitative estimate of drug-likeness (QED) is 0.315. The van der Waals surface area contributed by atoms with Crippen LogP contribution in [-0.4, -0.2) is 30.9 Å². The summed E-state index contributed by atoms with van der Waals surface area (Å²) >= 11 is 1.62. The number of ether oxygens (including phenoxy) is 1. The minimum Gasteiger partial charge on any atom is -0.487 e. The van der Waals surface area contributed by atoms with Crippen molar-refractivity contribution >= 4 is 28.9 Å². The SMILES string of the molecule is CSc1ccc(-c2cc(F)c(OCC3C4CN(c5nc6ccccc6o5)CC34)c(F)c2)cc1. The topological polar surface area (TPSA) is 38.5 Å². The van der Waals surface area contributed by atoms with Gasteiger partial charge in [0.15, 0.2) is 23.0 Å². The summed E-state index contributed by atoms with van der Waals surface area (Å²) in [7, 11) is 0. The highest BCUT2D eigenvalue weighted by molar-refractivity contribution is 7.98. The molecule has 3 aromatic carbocycles. The molecule has 4 nitrogen and oxygen atoms in total.